The molecular formula is C12H25N. The number of hydrogen-bond acceptors (Lipinski definition) is 1. The zero-order valence-electron chi connectivity index (χ0n) is 9.85. The van der Waals surface area contributed by atoms with Gasteiger partial charge < -0.3 is 5.32 Å². The SMILES string of the molecule is CC.CNC1CC=C(C(C)C)CC1. The lowest BCUT2D eigenvalue weighted by atomic mass is 9.89. The Labute approximate surface area is 83.6 Å². The molecule has 0 aromatic rings. The van der Waals surface area contributed by atoms with E-state index in [0.29, 0.717) is 0 Å². The second-order valence-electron chi connectivity index (χ2n) is 3.69. The smallest absolute Gasteiger partial charge is 0.0102 e. The predicted octanol–water partition coefficient (Wildman–Crippen LogP) is 3.37. The summed E-state index contributed by atoms with van der Waals surface area (Å²) in [6.07, 6.45) is 6.25. The van der Waals surface area contributed by atoms with Crippen molar-refractivity contribution >= 4 is 0 Å². The van der Waals surface area contributed by atoms with Gasteiger partial charge in [-0.15, -0.1) is 0 Å². The molecule has 0 aromatic heterocycles. The molecule has 1 rings (SSSR count). The number of rotatable bonds is 2. The minimum Gasteiger partial charge on any atom is -0.317 e. The highest BCUT2D eigenvalue weighted by Crippen LogP contribution is 2.23. The van der Waals surface area contributed by atoms with E-state index < -0.39 is 0 Å². The molecule has 1 aliphatic rings. The van der Waals surface area contributed by atoms with Gasteiger partial charge in [0.1, 0.15) is 0 Å². The molecular weight excluding hydrogens is 158 g/mol. The molecule has 1 atom stereocenters. The molecule has 1 heteroatoms. The summed E-state index contributed by atoms with van der Waals surface area (Å²) in [5.41, 5.74) is 1.65. The first-order valence-electron chi connectivity index (χ1n) is 5.60. The Bertz CT molecular complexity index is 147. The van der Waals surface area contributed by atoms with Crippen LogP contribution in [0.3, 0.4) is 0 Å². The molecule has 1 nitrogen and oxygen atoms in total. The molecule has 0 aromatic carbocycles. The zero-order chi connectivity index (χ0) is 10.3. The minimum absolute atomic E-state index is 0.734. The molecule has 0 saturated carbocycles. The van der Waals surface area contributed by atoms with Gasteiger partial charge in [0.15, 0.2) is 0 Å². The Kier molecular flexibility index (Phi) is 6.97. The molecule has 0 amide bonds. The van der Waals surface area contributed by atoms with Crippen molar-refractivity contribution in [2.24, 2.45) is 5.92 Å². The van der Waals surface area contributed by atoms with E-state index in [-0.39, 0.29) is 0 Å². The molecule has 78 valence electrons. The molecule has 1 unspecified atom stereocenters. The van der Waals surface area contributed by atoms with E-state index in [2.05, 4.69) is 32.3 Å². The van der Waals surface area contributed by atoms with Crippen LogP contribution in [0, 0.1) is 5.92 Å². The molecule has 0 saturated heterocycles. The molecule has 0 aliphatic heterocycles. The molecule has 1 N–H and O–H groups in total. The van der Waals surface area contributed by atoms with Gasteiger partial charge in [-0.1, -0.05) is 39.3 Å². The molecule has 13 heavy (non-hydrogen) atoms. The van der Waals surface area contributed by atoms with Crippen LogP contribution < -0.4 is 5.32 Å². The van der Waals surface area contributed by atoms with Crippen LogP contribution in [0.5, 0.6) is 0 Å². The van der Waals surface area contributed by atoms with Crippen molar-refractivity contribution in [3.63, 3.8) is 0 Å². The first kappa shape index (κ1) is 12.7. The largest absolute Gasteiger partial charge is 0.317 e. The lowest BCUT2D eigenvalue weighted by Gasteiger charge is -2.23. The van der Waals surface area contributed by atoms with Gasteiger partial charge in [-0.05, 0) is 32.2 Å². The van der Waals surface area contributed by atoms with Crippen molar-refractivity contribution in [3.8, 4) is 0 Å². The Morgan fingerprint density at radius 1 is 1.38 bits per heavy atom. The summed E-state index contributed by atoms with van der Waals surface area (Å²) < 4.78 is 0. The van der Waals surface area contributed by atoms with Crippen LogP contribution >= 0.6 is 0 Å². The summed E-state index contributed by atoms with van der Waals surface area (Å²) in [7, 11) is 2.05. The van der Waals surface area contributed by atoms with Crippen LogP contribution in [0.4, 0.5) is 0 Å². The second kappa shape index (κ2) is 7.14. The number of hydrogen-bond donors (Lipinski definition) is 1. The summed E-state index contributed by atoms with van der Waals surface area (Å²) in [5.74, 6) is 0.757. The highest BCUT2D eigenvalue weighted by molar-refractivity contribution is 5.09. The Balaban J connectivity index is 0.000000671. The fourth-order valence-electron chi connectivity index (χ4n) is 1.64. The monoisotopic (exact) mass is 183 g/mol. The maximum absolute atomic E-state index is 3.32. The highest BCUT2D eigenvalue weighted by atomic mass is 14.9. The van der Waals surface area contributed by atoms with Gasteiger partial charge in [0, 0.05) is 6.04 Å². The summed E-state index contributed by atoms with van der Waals surface area (Å²) in [6, 6.07) is 0.734. The van der Waals surface area contributed by atoms with Gasteiger partial charge in [-0.3, -0.25) is 0 Å². The van der Waals surface area contributed by atoms with Gasteiger partial charge in [0.2, 0.25) is 0 Å². The topological polar surface area (TPSA) is 12.0 Å². The van der Waals surface area contributed by atoms with Gasteiger partial charge in [0.05, 0.1) is 0 Å². The van der Waals surface area contributed by atoms with Crippen LogP contribution in [0.1, 0.15) is 47.0 Å². The van der Waals surface area contributed by atoms with Crippen molar-refractivity contribution in [2.75, 3.05) is 7.05 Å². The Morgan fingerprint density at radius 3 is 2.31 bits per heavy atom. The van der Waals surface area contributed by atoms with Crippen LogP contribution in [0.15, 0.2) is 11.6 Å². The first-order valence-corrected chi connectivity index (χ1v) is 5.60. The van der Waals surface area contributed by atoms with E-state index in [1.54, 1.807) is 5.57 Å². The third kappa shape index (κ3) is 4.47. The van der Waals surface area contributed by atoms with Crippen LogP contribution in [-0.2, 0) is 0 Å². The third-order valence-corrected chi connectivity index (χ3v) is 2.60. The fourth-order valence-corrected chi connectivity index (χ4v) is 1.64. The first-order chi connectivity index (χ1) is 6.24. The van der Waals surface area contributed by atoms with Gasteiger partial charge >= 0.3 is 0 Å². The van der Waals surface area contributed by atoms with E-state index in [0.717, 1.165) is 12.0 Å². The lowest BCUT2D eigenvalue weighted by molar-refractivity contribution is 0.487. The number of allylic oxidation sites excluding steroid dienone is 1. The Morgan fingerprint density at radius 2 is 2.00 bits per heavy atom. The summed E-state index contributed by atoms with van der Waals surface area (Å²) in [4.78, 5) is 0. The third-order valence-electron chi connectivity index (χ3n) is 2.60. The van der Waals surface area contributed by atoms with E-state index in [1.807, 2.05) is 13.8 Å². The van der Waals surface area contributed by atoms with Crippen molar-refractivity contribution in [1.82, 2.24) is 5.32 Å². The molecule has 0 heterocycles. The van der Waals surface area contributed by atoms with Crippen molar-refractivity contribution < 1.29 is 0 Å². The van der Waals surface area contributed by atoms with Crippen molar-refractivity contribution in [3.05, 3.63) is 11.6 Å². The molecule has 0 spiro atoms. The van der Waals surface area contributed by atoms with Gasteiger partial charge in [0.25, 0.3) is 0 Å². The van der Waals surface area contributed by atoms with E-state index in [9.17, 15) is 0 Å². The van der Waals surface area contributed by atoms with Crippen LogP contribution in [0.2, 0.25) is 0 Å². The molecule has 0 fully saturated rings. The summed E-state index contributed by atoms with van der Waals surface area (Å²) >= 11 is 0. The predicted molar refractivity (Wildman–Crippen MR) is 61.0 cm³/mol. The van der Waals surface area contributed by atoms with E-state index in [4.69, 9.17) is 0 Å². The lowest BCUT2D eigenvalue weighted by Crippen LogP contribution is -2.27. The van der Waals surface area contributed by atoms with Gasteiger partial charge in [-0.25, -0.2) is 0 Å². The van der Waals surface area contributed by atoms with Crippen LogP contribution in [0.25, 0.3) is 0 Å². The zero-order valence-corrected chi connectivity index (χ0v) is 9.85. The quantitative estimate of drug-likeness (QED) is 0.647. The van der Waals surface area contributed by atoms with Crippen molar-refractivity contribution in [1.29, 1.82) is 0 Å². The average molecular weight is 183 g/mol. The molecule has 0 radical (unpaired) electrons. The second-order valence-corrected chi connectivity index (χ2v) is 3.69. The van der Waals surface area contributed by atoms with Crippen LogP contribution in [-0.4, -0.2) is 13.1 Å². The standard InChI is InChI=1S/C10H19N.C2H6/c1-8(2)9-4-6-10(11-3)7-5-9;1-2/h4,8,10-11H,5-7H2,1-3H3;1-2H3. The van der Waals surface area contributed by atoms with E-state index >= 15 is 0 Å². The fraction of sp³-hybridized carbons (Fsp3) is 0.833. The van der Waals surface area contributed by atoms with Crippen molar-refractivity contribution in [2.45, 2.75) is 53.0 Å². The normalized spacial score (nSPS) is 22.0. The van der Waals surface area contributed by atoms with Gasteiger partial charge in [-0.2, -0.15) is 0 Å². The number of nitrogens with one attached hydrogen (secondary N) is 1. The van der Waals surface area contributed by atoms with E-state index in [1.165, 1.54) is 19.3 Å². The Hall–Kier alpha value is -0.300. The average Bonchev–Trinajstić information content (AvgIpc) is 2.21. The highest BCUT2D eigenvalue weighted by Gasteiger charge is 2.13. The summed E-state index contributed by atoms with van der Waals surface area (Å²) in [5, 5.41) is 3.32. The molecule has 0 bridgehead atoms. The molecule has 1 aliphatic carbocycles. The maximum atomic E-state index is 3.32. The maximum Gasteiger partial charge on any atom is 0.0102 e. The minimum atomic E-state index is 0.734. The summed E-state index contributed by atoms with van der Waals surface area (Å²) in [6.45, 7) is 8.57.